The Balaban J connectivity index is 2.19. The van der Waals surface area contributed by atoms with Gasteiger partial charge in [-0.1, -0.05) is 0 Å². The number of amides is 1. The van der Waals surface area contributed by atoms with E-state index < -0.39 is 30.3 Å². The fourth-order valence-corrected chi connectivity index (χ4v) is 2.30. The molecule has 0 aromatic carbocycles. The van der Waals surface area contributed by atoms with E-state index in [1.165, 1.54) is 11.0 Å². The normalized spacial score (nSPS) is 11.8. The van der Waals surface area contributed by atoms with Gasteiger partial charge in [-0.05, 0) is 21.9 Å². The molecule has 11 heteroatoms. The summed E-state index contributed by atoms with van der Waals surface area (Å²) in [5.74, 6) is -3.45. The van der Waals surface area contributed by atoms with Crippen LogP contribution in [0.5, 0.6) is 0 Å². The van der Waals surface area contributed by atoms with Crippen molar-refractivity contribution in [2.45, 2.75) is 12.5 Å². The van der Waals surface area contributed by atoms with E-state index in [4.69, 9.17) is 10.2 Å². The molecule has 0 aliphatic heterocycles. The third kappa shape index (κ3) is 3.39. The summed E-state index contributed by atoms with van der Waals surface area (Å²) < 4.78 is 1.25. The molecule has 0 aliphatic carbocycles. The molecule has 2 aromatic heterocycles. The van der Waals surface area contributed by atoms with Crippen molar-refractivity contribution in [2.75, 3.05) is 0 Å². The Labute approximate surface area is 121 Å². The van der Waals surface area contributed by atoms with Crippen molar-refractivity contribution in [1.82, 2.24) is 25.5 Å². The number of nitrogens with zero attached hydrogens (tertiary/aromatic N) is 4. The molecule has 2 rings (SSSR count). The van der Waals surface area contributed by atoms with Crippen LogP contribution in [0, 0.1) is 0 Å². The highest BCUT2D eigenvalue weighted by atomic mass is 32.1. The second-order valence-electron chi connectivity index (χ2n) is 3.85. The molecule has 0 unspecified atom stereocenters. The van der Waals surface area contributed by atoms with Gasteiger partial charge in [-0.25, -0.2) is 4.79 Å². The van der Waals surface area contributed by atoms with Gasteiger partial charge in [-0.3, -0.25) is 9.59 Å². The number of rotatable bonds is 6. The van der Waals surface area contributed by atoms with Crippen LogP contribution in [-0.4, -0.2) is 54.3 Å². The summed E-state index contributed by atoms with van der Waals surface area (Å²) in [6, 6.07) is 0.0712. The van der Waals surface area contributed by atoms with Crippen LogP contribution in [0.15, 0.2) is 17.8 Å². The molecule has 0 spiro atoms. The number of hydrogen-bond acceptors (Lipinski definition) is 7. The molecule has 110 valence electrons. The average Bonchev–Trinajstić information content (AvgIpc) is 3.07. The summed E-state index contributed by atoms with van der Waals surface area (Å²) in [5, 5.41) is 31.8. The Kier molecular flexibility index (Phi) is 4.23. The van der Waals surface area contributed by atoms with Crippen molar-refractivity contribution in [3.63, 3.8) is 0 Å². The lowest BCUT2D eigenvalue weighted by atomic mass is 10.2. The van der Waals surface area contributed by atoms with Crippen molar-refractivity contribution in [1.29, 1.82) is 0 Å². The Hall–Kier alpha value is -2.82. The molecule has 0 saturated carbocycles. The van der Waals surface area contributed by atoms with Crippen LogP contribution in [0.3, 0.4) is 0 Å². The molecule has 0 radical (unpaired) electrons. The zero-order valence-electron chi connectivity index (χ0n) is 10.3. The summed E-state index contributed by atoms with van der Waals surface area (Å²) in [5.41, 5.74) is 0.377. The zero-order chi connectivity index (χ0) is 15.4. The summed E-state index contributed by atoms with van der Waals surface area (Å²) in [6.07, 6.45) is 0.567. The van der Waals surface area contributed by atoms with Crippen LogP contribution < -0.4 is 5.32 Å². The lowest BCUT2D eigenvalue weighted by Crippen LogP contribution is -2.42. The average molecular weight is 311 g/mol. The fraction of sp³-hybridized carbons (Fsp3) is 0.200. The van der Waals surface area contributed by atoms with Gasteiger partial charge in [0, 0.05) is 0 Å². The predicted octanol–water partition coefficient (Wildman–Crippen LogP) is -0.619. The fourth-order valence-electron chi connectivity index (χ4n) is 1.52. The second kappa shape index (κ2) is 6.09. The van der Waals surface area contributed by atoms with Gasteiger partial charge in [0.05, 0.1) is 12.1 Å². The number of carboxylic acid groups (broad SMARTS) is 2. The third-order valence-corrected chi connectivity index (χ3v) is 3.33. The SMILES string of the molecule is O=C(O)C[C@@H](NC(=O)c1sccc1-n1cnnn1)C(=O)O. The van der Waals surface area contributed by atoms with E-state index in [0.717, 1.165) is 11.3 Å². The molecule has 2 aromatic rings. The van der Waals surface area contributed by atoms with Crippen molar-refractivity contribution in [3.8, 4) is 5.69 Å². The number of carbonyl (C=O) groups excluding carboxylic acids is 1. The monoisotopic (exact) mass is 311 g/mol. The Morgan fingerprint density at radius 2 is 2.14 bits per heavy atom. The molecule has 0 fully saturated rings. The lowest BCUT2D eigenvalue weighted by molar-refractivity contribution is -0.145. The van der Waals surface area contributed by atoms with Gasteiger partial charge in [0.25, 0.3) is 5.91 Å². The predicted molar refractivity (Wildman–Crippen MR) is 68.2 cm³/mol. The van der Waals surface area contributed by atoms with E-state index in [1.54, 1.807) is 11.4 Å². The number of carbonyl (C=O) groups is 3. The van der Waals surface area contributed by atoms with Crippen molar-refractivity contribution in [2.24, 2.45) is 0 Å². The third-order valence-electron chi connectivity index (χ3n) is 2.43. The minimum atomic E-state index is -1.51. The van der Waals surface area contributed by atoms with E-state index >= 15 is 0 Å². The number of thiophene rings is 1. The molecule has 21 heavy (non-hydrogen) atoms. The van der Waals surface area contributed by atoms with E-state index in [9.17, 15) is 14.4 Å². The van der Waals surface area contributed by atoms with Gasteiger partial charge >= 0.3 is 11.9 Å². The van der Waals surface area contributed by atoms with Gasteiger partial charge in [-0.2, -0.15) is 4.68 Å². The highest BCUT2D eigenvalue weighted by Crippen LogP contribution is 2.20. The molecule has 2 heterocycles. The van der Waals surface area contributed by atoms with E-state index in [0.29, 0.717) is 5.69 Å². The van der Waals surface area contributed by atoms with E-state index in [1.807, 2.05) is 0 Å². The number of aliphatic carboxylic acids is 2. The highest BCUT2D eigenvalue weighted by Gasteiger charge is 2.25. The van der Waals surface area contributed by atoms with Crippen LogP contribution in [0.25, 0.3) is 5.69 Å². The minimum absolute atomic E-state index is 0.180. The molecular formula is C10H9N5O5S. The summed E-state index contributed by atoms with van der Waals surface area (Å²) in [6.45, 7) is 0. The first-order valence-corrected chi connectivity index (χ1v) is 6.43. The van der Waals surface area contributed by atoms with Gasteiger partial charge in [0.15, 0.2) is 0 Å². The van der Waals surface area contributed by atoms with Crippen LogP contribution >= 0.6 is 11.3 Å². The Morgan fingerprint density at radius 1 is 1.38 bits per heavy atom. The molecule has 0 bridgehead atoms. The van der Waals surface area contributed by atoms with Crippen molar-refractivity contribution >= 4 is 29.2 Å². The first kappa shape index (κ1) is 14.6. The molecule has 0 saturated heterocycles. The maximum absolute atomic E-state index is 12.1. The van der Waals surface area contributed by atoms with E-state index in [2.05, 4.69) is 20.8 Å². The number of hydrogen-bond donors (Lipinski definition) is 3. The van der Waals surface area contributed by atoms with Gasteiger partial charge < -0.3 is 15.5 Å². The first-order chi connectivity index (χ1) is 9.99. The van der Waals surface area contributed by atoms with Crippen molar-refractivity contribution < 1.29 is 24.6 Å². The molecule has 1 amide bonds. The standard InChI is InChI=1S/C10H9N5O5S/c16-7(17)3-5(10(19)20)12-9(18)8-6(1-2-21-8)15-4-11-13-14-15/h1-2,4-5H,3H2,(H,12,18)(H,16,17)(H,19,20)/t5-/m1/s1. The number of carboxylic acids is 2. The molecular weight excluding hydrogens is 302 g/mol. The van der Waals surface area contributed by atoms with Gasteiger partial charge in [0.1, 0.15) is 17.2 Å². The van der Waals surface area contributed by atoms with Crippen LogP contribution in [0.4, 0.5) is 0 Å². The van der Waals surface area contributed by atoms with Crippen LogP contribution in [0.1, 0.15) is 16.1 Å². The van der Waals surface area contributed by atoms with Gasteiger partial charge in [-0.15, -0.1) is 16.4 Å². The largest absolute Gasteiger partial charge is 0.481 e. The lowest BCUT2D eigenvalue weighted by Gasteiger charge is -2.12. The molecule has 1 atom stereocenters. The molecule has 10 nitrogen and oxygen atoms in total. The van der Waals surface area contributed by atoms with Crippen molar-refractivity contribution in [3.05, 3.63) is 22.7 Å². The summed E-state index contributed by atoms with van der Waals surface area (Å²) in [7, 11) is 0. The minimum Gasteiger partial charge on any atom is -0.481 e. The van der Waals surface area contributed by atoms with E-state index in [-0.39, 0.29) is 4.88 Å². The second-order valence-corrected chi connectivity index (χ2v) is 4.77. The number of nitrogens with one attached hydrogen (secondary N) is 1. The van der Waals surface area contributed by atoms with Crippen LogP contribution in [-0.2, 0) is 9.59 Å². The zero-order valence-corrected chi connectivity index (χ0v) is 11.1. The molecule has 0 aliphatic rings. The van der Waals surface area contributed by atoms with Gasteiger partial charge in [0.2, 0.25) is 0 Å². The maximum atomic E-state index is 12.1. The topological polar surface area (TPSA) is 147 Å². The first-order valence-electron chi connectivity index (χ1n) is 5.55. The van der Waals surface area contributed by atoms with Crippen LogP contribution in [0.2, 0.25) is 0 Å². The Bertz CT molecular complexity index is 667. The number of aromatic nitrogens is 4. The highest BCUT2D eigenvalue weighted by molar-refractivity contribution is 7.12. The quantitative estimate of drug-likeness (QED) is 0.639. The smallest absolute Gasteiger partial charge is 0.326 e. The molecule has 3 N–H and O–H groups in total. The Morgan fingerprint density at radius 3 is 2.71 bits per heavy atom. The number of tetrazole rings is 1. The summed E-state index contributed by atoms with van der Waals surface area (Å²) in [4.78, 5) is 33.8. The summed E-state index contributed by atoms with van der Waals surface area (Å²) >= 11 is 1.06. The maximum Gasteiger partial charge on any atom is 0.326 e.